The minimum Gasteiger partial charge on any atom is -0.461 e. The number of hydrogen-bond donors (Lipinski definition) is 2. The van der Waals surface area contributed by atoms with Crippen LogP contribution in [0.15, 0.2) is 77.5 Å². The monoisotopic (exact) mass is 616 g/mol. The van der Waals surface area contributed by atoms with Gasteiger partial charge < -0.3 is 19.9 Å². The third kappa shape index (κ3) is 6.78. The van der Waals surface area contributed by atoms with Gasteiger partial charge in [-0.1, -0.05) is 36.4 Å². The van der Waals surface area contributed by atoms with E-state index in [4.69, 9.17) is 10.5 Å². The van der Waals surface area contributed by atoms with E-state index < -0.39 is 10.0 Å². The normalized spacial score (nSPS) is 14.8. The minimum absolute atomic E-state index is 0.101. The molecule has 3 aromatic carbocycles. The van der Waals surface area contributed by atoms with Crippen molar-refractivity contribution in [3.8, 4) is 0 Å². The van der Waals surface area contributed by atoms with E-state index in [1.807, 2.05) is 82.1 Å². The summed E-state index contributed by atoms with van der Waals surface area (Å²) in [6.45, 7) is 3.13. The van der Waals surface area contributed by atoms with Crippen LogP contribution in [-0.4, -0.2) is 50.6 Å². The maximum absolute atomic E-state index is 13.6. The van der Waals surface area contributed by atoms with Gasteiger partial charge in [-0.25, -0.2) is 13.2 Å². The zero-order valence-corrected chi connectivity index (χ0v) is 25.8. The Labute approximate surface area is 256 Å². The molecule has 10 heteroatoms. The number of sulfonamides is 1. The fourth-order valence-electron chi connectivity index (χ4n) is 5.82. The molecule has 0 unspecified atom stereocenters. The molecule has 1 saturated heterocycles. The van der Waals surface area contributed by atoms with Crippen LogP contribution in [0.4, 0.5) is 5.69 Å². The number of thiophene rings is 1. The number of hydrogen-bond acceptors (Lipinski definition) is 7. The Hall–Kier alpha value is -3.70. The van der Waals surface area contributed by atoms with Gasteiger partial charge in [-0.3, -0.25) is 4.72 Å². The summed E-state index contributed by atoms with van der Waals surface area (Å²) in [5.41, 5.74) is 10.4. The second-order valence-electron chi connectivity index (χ2n) is 11.4. The number of carbonyl (C=O) groups is 1. The second-order valence-corrected chi connectivity index (χ2v) is 13.9. The van der Waals surface area contributed by atoms with E-state index in [0.29, 0.717) is 37.0 Å². The van der Waals surface area contributed by atoms with Gasteiger partial charge in [0.1, 0.15) is 5.69 Å². The molecular weight excluding hydrogens is 581 g/mol. The summed E-state index contributed by atoms with van der Waals surface area (Å²) in [7, 11) is -1.52. The van der Waals surface area contributed by atoms with Crippen LogP contribution in [0.1, 0.15) is 40.0 Å². The van der Waals surface area contributed by atoms with E-state index in [9.17, 15) is 13.2 Å². The van der Waals surface area contributed by atoms with E-state index in [1.54, 1.807) is 0 Å². The summed E-state index contributed by atoms with van der Waals surface area (Å²) in [6, 6.07) is 21.2. The summed E-state index contributed by atoms with van der Waals surface area (Å²) in [4.78, 5) is 15.9. The van der Waals surface area contributed by atoms with Crippen LogP contribution < -0.4 is 10.5 Å². The third-order valence-corrected chi connectivity index (χ3v) is 10.2. The zero-order chi connectivity index (χ0) is 30.0. The highest BCUT2D eigenvalue weighted by Gasteiger charge is 2.23. The molecule has 2 aromatic heterocycles. The molecule has 1 fully saturated rings. The summed E-state index contributed by atoms with van der Waals surface area (Å²) in [5, 5.41) is 6.50. The Kier molecular flexibility index (Phi) is 8.54. The first-order valence-corrected chi connectivity index (χ1v) is 17.1. The van der Waals surface area contributed by atoms with Crippen LogP contribution in [0.5, 0.6) is 0 Å². The minimum atomic E-state index is -3.63. The quantitative estimate of drug-likeness (QED) is 0.192. The van der Waals surface area contributed by atoms with Crippen LogP contribution in [0.25, 0.3) is 21.7 Å². The van der Waals surface area contributed by atoms with Crippen molar-refractivity contribution in [2.75, 3.05) is 31.5 Å². The van der Waals surface area contributed by atoms with Gasteiger partial charge in [-0.2, -0.15) is 11.3 Å². The number of nitrogens with zero attached hydrogens (tertiary/aromatic N) is 2. The lowest BCUT2D eigenvalue weighted by molar-refractivity contribution is 0.0373. The molecular formula is C33H36N4O4S2. The molecule has 1 aliphatic heterocycles. The van der Waals surface area contributed by atoms with Crippen LogP contribution >= 0.6 is 11.3 Å². The lowest BCUT2D eigenvalue weighted by atomic mass is 9.98. The Morgan fingerprint density at radius 3 is 2.60 bits per heavy atom. The molecule has 0 amide bonds. The molecule has 1 aliphatic rings. The van der Waals surface area contributed by atoms with Gasteiger partial charge in [-0.15, -0.1) is 0 Å². The zero-order valence-electron chi connectivity index (χ0n) is 24.2. The van der Waals surface area contributed by atoms with E-state index >= 15 is 0 Å². The number of likely N-dealkylation sites (tertiary alicyclic amines) is 1. The summed E-state index contributed by atoms with van der Waals surface area (Å²) < 4.78 is 36.8. The van der Waals surface area contributed by atoms with Gasteiger partial charge in [0.2, 0.25) is 10.0 Å². The van der Waals surface area contributed by atoms with E-state index in [0.717, 1.165) is 64.3 Å². The van der Waals surface area contributed by atoms with Crippen molar-refractivity contribution < 1.29 is 17.9 Å². The largest absolute Gasteiger partial charge is 0.461 e. The smallest absolute Gasteiger partial charge is 0.355 e. The molecule has 3 N–H and O–H groups in total. The van der Waals surface area contributed by atoms with Crippen molar-refractivity contribution in [2.45, 2.75) is 31.7 Å². The molecule has 0 atom stereocenters. The number of esters is 1. The van der Waals surface area contributed by atoms with Crippen molar-refractivity contribution in [3.05, 3.63) is 99.9 Å². The highest BCUT2D eigenvalue weighted by Crippen LogP contribution is 2.30. The van der Waals surface area contributed by atoms with Gasteiger partial charge in [0.05, 0.1) is 12.4 Å². The van der Waals surface area contributed by atoms with Gasteiger partial charge in [0.25, 0.3) is 0 Å². The number of piperidine rings is 1. The standard InChI is InChI=1S/C33H36N4O4S2/c1-36-11-8-23(9-12-36)20-41-33(38)32-17-27-7-6-24(18-34)14-31(27)37(32)19-28-16-29(15-26-4-2-3-5-30(26)28)35-43(39,40)22-25-10-13-42-21-25/h2-7,10,13-17,21,23,35H,8-9,11-12,18-20,22,34H2,1H3. The second kappa shape index (κ2) is 12.5. The van der Waals surface area contributed by atoms with Crippen molar-refractivity contribution >= 4 is 54.7 Å². The first-order valence-electron chi connectivity index (χ1n) is 14.5. The van der Waals surface area contributed by atoms with Gasteiger partial charge >= 0.3 is 5.97 Å². The van der Waals surface area contributed by atoms with Crippen molar-refractivity contribution in [2.24, 2.45) is 11.7 Å². The first kappa shape index (κ1) is 29.4. The number of nitrogens with two attached hydrogens (primary N) is 1. The van der Waals surface area contributed by atoms with Gasteiger partial charge in [-0.05, 0) is 107 Å². The molecule has 0 aliphatic carbocycles. The number of aromatic nitrogens is 1. The molecule has 8 nitrogen and oxygen atoms in total. The molecule has 3 heterocycles. The van der Waals surface area contributed by atoms with Crippen molar-refractivity contribution in [1.29, 1.82) is 0 Å². The van der Waals surface area contributed by atoms with Gasteiger partial charge in [0, 0.05) is 29.7 Å². The fraction of sp³-hybridized carbons (Fsp3) is 0.303. The summed E-state index contributed by atoms with van der Waals surface area (Å²) in [5.74, 6) is -0.110. The van der Waals surface area contributed by atoms with Crippen LogP contribution in [-0.2, 0) is 33.6 Å². The highest BCUT2D eigenvalue weighted by molar-refractivity contribution is 7.91. The number of ether oxygens (including phenoxy) is 1. The Balaban J connectivity index is 1.35. The molecule has 43 heavy (non-hydrogen) atoms. The fourth-order valence-corrected chi connectivity index (χ4v) is 7.76. The SMILES string of the molecule is CN1CCC(COC(=O)c2cc3ccc(CN)cc3n2Cc2cc(NS(=O)(=O)Cc3ccsc3)cc3ccccc23)CC1. The molecule has 0 saturated carbocycles. The predicted octanol–water partition coefficient (Wildman–Crippen LogP) is 5.80. The Morgan fingerprint density at radius 1 is 1.02 bits per heavy atom. The van der Waals surface area contributed by atoms with E-state index in [1.165, 1.54) is 11.3 Å². The third-order valence-electron chi connectivity index (χ3n) is 8.19. The number of benzene rings is 3. The number of rotatable bonds is 10. The summed E-state index contributed by atoms with van der Waals surface area (Å²) >= 11 is 1.47. The number of nitrogens with one attached hydrogen (secondary N) is 1. The molecule has 0 radical (unpaired) electrons. The van der Waals surface area contributed by atoms with Crippen molar-refractivity contribution in [1.82, 2.24) is 9.47 Å². The Bertz CT molecular complexity index is 1860. The number of fused-ring (bicyclic) bond motifs is 2. The average Bonchev–Trinajstić information content (AvgIpc) is 3.63. The topological polar surface area (TPSA) is 107 Å². The molecule has 5 aromatic rings. The molecule has 224 valence electrons. The Morgan fingerprint density at radius 2 is 1.84 bits per heavy atom. The van der Waals surface area contributed by atoms with E-state index in [-0.39, 0.29) is 11.7 Å². The number of anilines is 1. The van der Waals surface area contributed by atoms with Crippen molar-refractivity contribution in [3.63, 3.8) is 0 Å². The molecule has 0 spiro atoms. The maximum Gasteiger partial charge on any atom is 0.355 e. The van der Waals surface area contributed by atoms with E-state index in [2.05, 4.69) is 16.7 Å². The summed E-state index contributed by atoms with van der Waals surface area (Å²) in [6.07, 6.45) is 2.02. The molecule has 0 bridgehead atoms. The van der Waals surface area contributed by atoms with Crippen LogP contribution in [0.3, 0.4) is 0 Å². The lowest BCUT2D eigenvalue weighted by Gasteiger charge is -2.28. The van der Waals surface area contributed by atoms with Gasteiger partial charge in [0.15, 0.2) is 0 Å². The highest BCUT2D eigenvalue weighted by atomic mass is 32.2. The lowest BCUT2D eigenvalue weighted by Crippen LogP contribution is -2.32. The van der Waals surface area contributed by atoms with Crippen LogP contribution in [0.2, 0.25) is 0 Å². The van der Waals surface area contributed by atoms with Crippen LogP contribution in [0, 0.1) is 5.92 Å². The number of carbonyl (C=O) groups excluding carboxylic acids is 1. The average molecular weight is 617 g/mol. The predicted molar refractivity (Wildman–Crippen MR) is 174 cm³/mol. The first-order chi connectivity index (χ1) is 20.8. The molecule has 6 rings (SSSR count). The maximum atomic E-state index is 13.6.